The molecule has 30 heavy (non-hydrogen) atoms. The lowest BCUT2D eigenvalue weighted by Crippen LogP contribution is -2.38. The molecule has 1 aliphatic heterocycles. The molecule has 0 bridgehead atoms. The van der Waals surface area contributed by atoms with Crippen LogP contribution in [0, 0.1) is 5.82 Å². The minimum absolute atomic E-state index is 0.0136. The monoisotopic (exact) mass is 432 g/mol. The number of allylic oxidation sites excluding steroid dienone is 2. The number of nitrogens with two attached hydrogens (primary N) is 2. The van der Waals surface area contributed by atoms with Crippen molar-refractivity contribution in [3.63, 3.8) is 0 Å². The zero-order valence-corrected chi connectivity index (χ0v) is 16.7. The van der Waals surface area contributed by atoms with Gasteiger partial charge in [0.25, 0.3) is 10.0 Å². The smallest absolute Gasteiger partial charge is 0.265 e. The zero-order valence-electron chi connectivity index (χ0n) is 15.9. The summed E-state index contributed by atoms with van der Waals surface area (Å²) in [5, 5.41) is 5.35. The summed E-state index contributed by atoms with van der Waals surface area (Å²) < 4.78 is 49.0. The maximum atomic E-state index is 14.0. The molecule has 1 aromatic carbocycles. The van der Waals surface area contributed by atoms with Crippen LogP contribution in [0.3, 0.4) is 0 Å². The molecule has 11 heteroatoms. The van der Waals surface area contributed by atoms with Gasteiger partial charge in [0.2, 0.25) is 0 Å². The Hall–Kier alpha value is -3.31. The Morgan fingerprint density at radius 3 is 2.73 bits per heavy atom. The molecule has 9 nitrogen and oxygen atoms in total. The van der Waals surface area contributed by atoms with Crippen LogP contribution in [-0.4, -0.2) is 29.3 Å². The summed E-state index contributed by atoms with van der Waals surface area (Å²) in [6.45, 7) is 0.437. The first-order valence-corrected chi connectivity index (χ1v) is 10.7. The van der Waals surface area contributed by atoms with Crippen molar-refractivity contribution in [1.82, 2.24) is 19.5 Å². The summed E-state index contributed by atoms with van der Waals surface area (Å²) in [5.41, 5.74) is 6.99. The summed E-state index contributed by atoms with van der Waals surface area (Å²) in [4.78, 5) is -0.517. The lowest BCUT2D eigenvalue weighted by molar-refractivity contribution is 0.188. The molecule has 0 unspecified atom stereocenters. The Morgan fingerprint density at radius 2 is 2.07 bits per heavy atom. The van der Waals surface area contributed by atoms with E-state index >= 15 is 0 Å². The van der Waals surface area contributed by atoms with E-state index in [0.29, 0.717) is 12.3 Å². The van der Waals surface area contributed by atoms with E-state index in [1.807, 2.05) is 0 Å². The van der Waals surface area contributed by atoms with E-state index in [1.165, 1.54) is 17.1 Å². The molecule has 2 aliphatic rings. The minimum Gasteiger partial charge on any atom is -0.488 e. The first-order valence-electron chi connectivity index (χ1n) is 9.21. The van der Waals surface area contributed by atoms with E-state index in [-0.39, 0.29) is 17.6 Å². The summed E-state index contributed by atoms with van der Waals surface area (Å²) in [5.74, 6) is 5.30. The number of hydrogen-bond acceptors (Lipinski definition) is 7. The quantitative estimate of drug-likeness (QED) is 0.562. The maximum Gasteiger partial charge on any atom is 0.265 e. The number of nitrogens with zero attached hydrogens (tertiary/aromatic N) is 3. The topological polar surface area (TPSA) is 128 Å². The van der Waals surface area contributed by atoms with E-state index in [2.05, 4.69) is 9.82 Å². The molecule has 1 saturated carbocycles. The van der Waals surface area contributed by atoms with Gasteiger partial charge in [-0.15, -0.1) is 0 Å². The van der Waals surface area contributed by atoms with Crippen molar-refractivity contribution >= 4 is 10.0 Å². The molecule has 0 radical (unpaired) electrons. The summed E-state index contributed by atoms with van der Waals surface area (Å²) in [7, 11) is -4.26. The van der Waals surface area contributed by atoms with Crippen molar-refractivity contribution in [2.24, 2.45) is 11.6 Å². The van der Waals surface area contributed by atoms with Gasteiger partial charge in [-0.05, 0) is 42.7 Å². The second-order valence-corrected chi connectivity index (χ2v) is 8.59. The zero-order chi connectivity index (χ0) is 21.3. The van der Waals surface area contributed by atoms with Crippen molar-refractivity contribution in [3.05, 3.63) is 83.7 Å². The molecule has 1 aromatic heterocycles. The van der Waals surface area contributed by atoms with Gasteiger partial charge in [0.1, 0.15) is 28.0 Å². The molecular formula is C19H21FN6O3S. The number of hydrazine groups is 1. The second kappa shape index (κ2) is 7.84. The van der Waals surface area contributed by atoms with E-state index in [4.69, 9.17) is 16.3 Å². The van der Waals surface area contributed by atoms with E-state index in [9.17, 15) is 12.8 Å². The molecule has 0 spiro atoms. The van der Waals surface area contributed by atoms with Crippen LogP contribution in [0.4, 0.5) is 4.39 Å². The fourth-order valence-corrected chi connectivity index (χ4v) is 4.03. The average Bonchev–Trinajstić information content (AvgIpc) is 3.33. The number of ether oxygens (including phenoxy) is 1. The Balaban J connectivity index is 1.65. The Kier molecular flexibility index (Phi) is 5.22. The van der Waals surface area contributed by atoms with Crippen molar-refractivity contribution in [3.8, 4) is 0 Å². The van der Waals surface area contributed by atoms with Gasteiger partial charge in [-0.1, -0.05) is 12.1 Å². The van der Waals surface area contributed by atoms with Gasteiger partial charge in [-0.25, -0.2) is 18.7 Å². The molecule has 1 aliphatic carbocycles. The van der Waals surface area contributed by atoms with Crippen LogP contribution in [-0.2, 0) is 21.3 Å². The molecule has 2 aromatic rings. The van der Waals surface area contributed by atoms with Crippen LogP contribution < -0.4 is 16.3 Å². The van der Waals surface area contributed by atoms with Crippen LogP contribution in [0.1, 0.15) is 12.8 Å². The fourth-order valence-electron chi connectivity index (χ4n) is 2.95. The van der Waals surface area contributed by atoms with Gasteiger partial charge in [0.15, 0.2) is 0 Å². The fraction of sp³-hybridized carbons (Fsp3) is 0.211. The van der Waals surface area contributed by atoms with Crippen molar-refractivity contribution in [2.75, 3.05) is 0 Å². The molecule has 5 N–H and O–H groups in total. The number of sulfonamides is 1. The highest BCUT2D eigenvalue weighted by Crippen LogP contribution is 2.33. The number of halogens is 1. The average molecular weight is 432 g/mol. The SMILES string of the molecule is N/C(NS(=O)(=O)c1ccccc1F)=C1/C(OC2CC2)=CC(Cn2cccn2)=CN1N. The van der Waals surface area contributed by atoms with E-state index < -0.39 is 20.7 Å². The van der Waals surface area contributed by atoms with Gasteiger partial charge in [-0.3, -0.25) is 14.4 Å². The molecule has 1 fully saturated rings. The van der Waals surface area contributed by atoms with Gasteiger partial charge in [0, 0.05) is 18.6 Å². The largest absolute Gasteiger partial charge is 0.488 e. The van der Waals surface area contributed by atoms with E-state index in [1.54, 1.807) is 35.4 Å². The van der Waals surface area contributed by atoms with Crippen molar-refractivity contribution in [1.29, 1.82) is 0 Å². The highest BCUT2D eigenvalue weighted by atomic mass is 32.2. The lowest BCUT2D eigenvalue weighted by Gasteiger charge is -2.27. The van der Waals surface area contributed by atoms with Gasteiger partial charge in [-0.2, -0.15) is 5.10 Å². The summed E-state index contributed by atoms with van der Waals surface area (Å²) in [6, 6.07) is 6.82. The number of benzene rings is 1. The number of rotatable bonds is 7. The second-order valence-electron chi connectivity index (χ2n) is 6.94. The van der Waals surface area contributed by atoms with Crippen LogP contribution in [0.25, 0.3) is 0 Å². The number of aromatic nitrogens is 2. The minimum atomic E-state index is -4.26. The van der Waals surface area contributed by atoms with Gasteiger partial charge >= 0.3 is 0 Å². The van der Waals surface area contributed by atoms with Gasteiger partial charge < -0.3 is 10.5 Å². The van der Waals surface area contributed by atoms with E-state index in [0.717, 1.165) is 30.5 Å². The highest BCUT2D eigenvalue weighted by Gasteiger charge is 2.31. The molecule has 0 saturated heterocycles. The molecule has 2 heterocycles. The van der Waals surface area contributed by atoms with Crippen LogP contribution in [0.5, 0.6) is 0 Å². The Morgan fingerprint density at radius 1 is 1.30 bits per heavy atom. The van der Waals surface area contributed by atoms with Crippen LogP contribution >= 0.6 is 0 Å². The third-order valence-corrected chi connectivity index (χ3v) is 5.86. The maximum absolute atomic E-state index is 14.0. The molecular weight excluding hydrogens is 411 g/mol. The number of nitrogens with one attached hydrogen (secondary N) is 1. The molecule has 0 atom stereocenters. The normalized spacial score (nSPS) is 18.5. The van der Waals surface area contributed by atoms with Crippen molar-refractivity contribution < 1.29 is 17.5 Å². The van der Waals surface area contributed by atoms with Crippen LogP contribution in [0.2, 0.25) is 0 Å². The first kappa shape index (κ1) is 20.0. The number of hydrogen-bond donors (Lipinski definition) is 3. The Bertz CT molecular complexity index is 1140. The van der Waals surface area contributed by atoms with Gasteiger partial charge in [0.05, 0.1) is 12.6 Å². The predicted octanol–water partition coefficient (Wildman–Crippen LogP) is 1.26. The highest BCUT2D eigenvalue weighted by molar-refractivity contribution is 7.89. The summed E-state index contributed by atoms with van der Waals surface area (Å²) >= 11 is 0. The van der Waals surface area contributed by atoms with Crippen LogP contribution in [0.15, 0.2) is 82.7 Å². The standard InChI is InChI=1S/C19H21FN6O3S/c20-15-4-1-2-5-17(15)30(27,28)24-19(21)18-16(29-14-6-7-14)10-13(12-26(18)22)11-25-9-3-8-23-25/h1-5,8-10,12,14,24H,6-7,11,21-22H2/b19-18+. The molecule has 158 valence electrons. The molecule has 0 amide bonds. The molecule has 4 rings (SSSR count). The Labute approximate surface area is 173 Å². The predicted molar refractivity (Wildman–Crippen MR) is 106 cm³/mol. The third kappa shape index (κ3) is 4.31. The third-order valence-electron chi connectivity index (χ3n) is 4.46. The summed E-state index contributed by atoms with van der Waals surface area (Å²) in [6.07, 6.45) is 8.58. The first-order chi connectivity index (χ1) is 14.3. The lowest BCUT2D eigenvalue weighted by atomic mass is 10.1. The van der Waals surface area contributed by atoms with Crippen molar-refractivity contribution in [2.45, 2.75) is 30.4 Å².